The molecule has 1 aromatic heterocycles. The van der Waals surface area contributed by atoms with Crippen LogP contribution in [0.25, 0.3) is 0 Å². The summed E-state index contributed by atoms with van der Waals surface area (Å²) in [6, 6.07) is -0.275. The maximum absolute atomic E-state index is 11.8. The van der Waals surface area contributed by atoms with E-state index in [1.165, 1.54) is 7.11 Å². The molecule has 0 spiro atoms. The van der Waals surface area contributed by atoms with Crippen LogP contribution in [0.1, 0.15) is 46.6 Å². The van der Waals surface area contributed by atoms with E-state index in [4.69, 9.17) is 4.74 Å². The van der Waals surface area contributed by atoms with Crippen LogP contribution in [0, 0.1) is 5.92 Å². The van der Waals surface area contributed by atoms with Crippen LogP contribution in [0.4, 0.5) is 0 Å². The van der Waals surface area contributed by atoms with Crippen molar-refractivity contribution < 1.29 is 9.53 Å². The fraction of sp³-hybridized carbons (Fsp3) is 0.733. The molecule has 1 rings (SSSR count). The molecular weight excluding hydrogens is 254 g/mol. The third kappa shape index (κ3) is 4.34. The van der Waals surface area contributed by atoms with Gasteiger partial charge in [0.2, 0.25) is 0 Å². The lowest BCUT2D eigenvalue weighted by Crippen LogP contribution is -2.42. The summed E-state index contributed by atoms with van der Waals surface area (Å²) in [7, 11) is 1.43. The molecule has 0 bridgehead atoms. The summed E-state index contributed by atoms with van der Waals surface area (Å²) in [5.74, 6) is 0.0303. The Bertz CT molecular complexity index is 435. The second-order valence-electron chi connectivity index (χ2n) is 6.23. The molecule has 2 atom stereocenters. The van der Waals surface area contributed by atoms with Crippen LogP contribution in [0.2, 0.25) is 0 Å². The lowest BCUT2D eigenvalue weighted by molar-refractivity contribution is -0.144. The largest absolute Gasteiger partial charge is 0.468 e. The van der Waals surface area contributed by atoms with Crippen molar-refractivity contribution in [3.8, 4) is 0 Å². The highest BCUT2D eigenvalue weighted by atomic mass is 16.5. The normalized spacial score (nSPS) is 14.9. The second-order valence-corrected chi connectivity index (χ2v) is 6.23. The van der Waals surface area contributed by atoms with Gasteiger partial charge in [0.05, 0.1) is 18.8 Å². The predicted molar refractivity (Wildman–Crippen MR) is 79.3 cm³/mol. The summed E-state index contributed by atoms with van der Waals surface area (Å²) in [6.45, 7) is 11.0. The molecule has 2 unspecified atom stereocenters. The number of nitrogens with zero attached hydrogens (tertiary/aromatic N) is 2. The molecule has 0 radical (unpaired) electrons. The molecule has 1 heterocycles. The minimum absolute atomic E-state index is 0.0310. The van der Waals surface area contributed by atoms with Gasteiger partial charge in [0.25, 0.3) is 0 Å². The smallest absolute Gasteiger partial charge is 0.323 e. The molecule has 1 aromatic rings. The van der Waals surface area contributed by atoms with Crippen LogP contribution >= 0.6 is 0 Å². The van der Waals surface area contributed by atoms with Crippen molar-refractivity contribution in [1.82, 2.24) is 15.1 Å². The first-order valence-corrected chi connectivity index (χ1v) is 7.14. The van der Waals surface area contributed by atoms with Crippen molar-refractivity contribution in [2.45, 2.75) is 59.2 Å². The zero-order valence-corrected chi connectivity index (χ0v) is 13.4. The first-order valence-electron chi connectivity index (χ1n) is 7.14. The van der Waals surface area contributed by atoms with Crippen molar-refractivity contribution >= 4 is 5.97 Å². The van der Waals surface area contributed by atoms with E-state index in [2.05, 4.69) is 38.1 Å². The van der Waals surface area contributed by atoms with Crippen molar-refractivity contribution in [3.05, 3.63) is 18.0 Å². The molecule has 1 N–H and O–H groups in total. The summed E-state index contributed by atoms with van der Waals surface area (Å²) in [5, 5.41) is 7.63. The van der Waals surface area contributed by atoms with Crippen LogP contribution in [-0.4, -0.2) is 28.9 Å². The number of carbonyl (C=O) groups excluding carboxylic acids is 1. The zero-order chi connectivity index (χ0) is 15.3. The number of hydrogen-bond donors (Lipinski definition) is 1. The van der Waals surface area contributed by atoms with Gasteiger partial charge in [-0.25, -0.2) is 0 Å². The monoisotopic (exact) mass is 281 g/mol. The fourth-order valence-electron chi connectivity index (χ4n) is 1.93. The average molecular weight is 281 g/mol. The minimum atomic E-state index is -0.275. The van der Waals surface area contributed by atoms with Gasteiger partial charge in [0.15, 0.2) is 0 Å². The van der Waals surface area contributed by atoms with E-state index in [-0.39, 0.29) is 23.5 Å². The highest BCUT2D eigenvalue weighted by Gasteiger charge is 2.24. The van der Waals surface area contributed by atoms with Crippen molar-refractivity contribution in [3.63, 3.8) is 0 Å². The number of esters is 1. The summed E-state index contributed by atoms with van der Waals surface area (Å²) < 4.78 is 6.79. The van der Waals surface area contributed by atoms with E-state index in [9.17, 15) is 4.79 Å². The van der Waals surface area contributed by atoms with Gasteiger partial charge in [0.1, 0.15) is 6.04 Å². The average Bonchev–Trinajstić information content (AvgIpc) is 2.86. The van der Waals surface area contributed by atoms with Crippen LogP contribution in [-0.2, 0) is 21.6 Å². The Morgan fingerprint density at radius 3 is 2.60 bits per heavy atom. The molecule has 0 saturated carbocycles. The lowest BCUT2D eigenvalue weighted by Gasteiger charge is -2.21. The quantitative estimate of drug-likeness (QED) is 0.813. The number of methoxy groups -OCH3 is 1. The van der Waals surface area contributed by atoms with Gasteiger partial charge in [-0.2, -0.15) is 5.10 Å². The summed E-state index contributed by atoms with van der Waals surface area (Å²) in [6.07, 6.45) is 4.77. The van der Waals surface area contributed by atoms with Crippen LogP contribution in [0.3, 0.4) is 0 Å². The number of hydrogen-bond acceptors (Lipinski definition) is 4. The number of nitrogens with one attached hydrogen (secondary N) is 1. The third-order valence-corrected chi connectivity index (χ3v) is 3.52. The van der Waals surface area contributed by atoms with Gasteiger partial charge < -0.3 is 4.74 Å². The van der Waals surface area contributed by atoms with Gasteiger partial charge in [0, 0.05) is 18.3 Å². The molecule has 20 heavy (non-hydrogen) atoms. The van der Waals surface area contributed by atoms with Gasteiger partial charge >= 0.3 is 5.97 Å². The molecule has 0 aliphatic rings. The van der Waals surface area contributed by atoms with Gasteiger partial charge in [-0.3, -0.25) is 14.8 Å². The first-order chi connectivity index (χ1) is 9.29. The van der Waals surface area contributed by atoms with Crippen molar-refractivity contribution in [1.29, 1.82) is 0 Å². The second kappa shape index (κ2) is 6.88. The molecule has 0 fully saturated rings. The maximum atomic E-state index is 11.8. The SMILES string of the molecule is CCC(C)C(NCc1cnn(C(C)(C)C)c1)C(=O)OC. The van der Waals surface area contributed by atoms with Gasteiger partial charge in [-0.15, -0.1) is 0 Å². The van der Waals surface area contributed by atoms with E-state index in [1.807, 2.05) is 24.0 Å². The lowest BCUT2D eigenvalue weighted by atomic mass is 9.99. The fourth-order valence-corrected chi connectivity index (χ4v) is 1.93. The molecule has 0 saturated heterocycles. The Morgan fingerprint density at radius 1 is 1.50 bits per heavy atom. The molecule has 114 valence electrons. The Hall–Kier alpha value is -1.36. The molecule has 5 nitrogen and oxygen atoms in total. The van der Waals surface area contributed by atoms with E-state index in [0.717, 1.165) is 12.0 Å². The third-order valence-electron chi connectivity index (χ3n) is 3.52. The number of ether oxygens (including phenoxy) is 1. The molecule has 0 amide bonds. The number of aromatic nitrogens is 2. The Kier molecular flexibility index (Phi) is 5.74. The van der Waals surface area contributed by atoms with E-state index >= 15 is 0 Å². The number of rotatable bonds is 6. The summed E-state index contributed by atoms with van der Waals surface area (Å²) in [4.78, 5) is 11.8. The first kappa shape index (κ1) is 16.7. The van der Waals surface area contributed by atoms with E-state index in [0.29, 0.717) is 6.54 Å². The minimum Gasteiger partial charge on any atom is -0.468 e. The van der Waals surface area contributed by atoms with Crippen molar-refractivity contribution in [2.24, 2.45) is 5.92 Å². The Morgan fingerprint density at radius 2 is 2.15 bits per heavy atom. The Labute approximate surface area is 121 Å². The molecule has 0 aromatic carbocycles. The highest BCUT2D eigenvalue weighted by molar-refractivity contribution is 5.75. The standard InChI is InChI=1S/C15H27N3O2/c1-7-11(2)13(14(19)20-6)16-8-12-9-17-18(10-12)15(3,4)5/h9-11,13,16H,7-8H2,1-6H3. The topological polar surface area (TPSA) is 56.2 Å². The van der Waals surface area contributed by atoms with Crippen LogP contribution in [0.5, 0.6) is 0 Å². The van der Waals surface area contributed by atoms with E-state index in [1.54, 1.807) is 0 Å². The maximum Gasteiger partial charge on any atom is 0.323 e. The van der Waals surface area contributed by atoms with Gasteiger partial charge in [-0.1, -0.05) is 20.3 Å². The van der Waals surface area contributed by atoms with Crippen molar-refractivity contribution in [2.75, 3.05) is 7.11 Å². The van der Waals surface area contributed by atoms with Crippen LogP contribution in [0.15, 0.2) is 12.4 Å². The molecule has 0 aliphatic heterocycles. The summed E-state index contributed by atoms with van der Waals surface area (Å²) in [5.41, 5.74) is 1.04. The van der Waals surface area contributed by atoms with Crippen LogP contribution < -0.4 is 5.32 Å². The molecule has 5 heteroatoms. The number of carbonyl (C=O) groups is 1. The molecular formula is C15H27N3O2. The van der Waals surface area contributed by atoms with Gasteiger partial charge in [-0.05, 0) is 26.7 Å². The predicted octanol–water partition coefficient (Wildman–Crippen LogP) is 2.32. The molecule has 0 aliphatic carbocycles. The highest BCUT2D eigenvalue weighted by Crippen LogP contribution is 2.14. The zero-order valence-electron chi connectivity index (χ0n) is 13.4. The summed E-state index contributed by atoms with van der Waals surface area (Å²) >= 11 is 0. The van der Waals surface area contributed by atoms with E-state index < -0.39 is 0 Å². The Balaban J connectivity index is 2.68.